The first-order chi connectivity index (χ1) is 10.1. The van der Waals surface area contributed by atoms with E-state index in [1.54, 1.807) is 0 Å². The number of aliphatic hydroxyl groups excluding tert-OH is 1. The second-order valence-corrected chi connectivity index (χ2v) is 6.13. The Labute approximate surface area is 127 Å². The molecule has 0 aromatic heterocycles. The fraction of sp³-hybridized carbons (Fsp3) is 0.588. The van der Waals surface area contributed by atoms with Crippen molar-refractivity contribution in [2.75, 3.05) is 13.6 Å². The number of carbonyl (C=O) groups is 1. The monoisotopic (exact) mass is 290 g/mol. The van der Waals surface area contributed by atoms with Crippen LogP contribution < -0.4 is 5.32 Å². The maximum Gasteiger partial charge on any atom is 0.234 e. The first-order valence-electron chi connectivity index (χ1n) is 7.78. The van der Waals surface area contributed by atoms with Crippen LogP contribution in [0.25, 0.3) is 0 Å². The quantitative estimate of drug-likeness (QED) is 0.805. The predicted octanol–water partition coefficient (Wildman–Crippen LogP) is 1.78. The number of nitrogens with one attached hydrogen (secondary N) is 1. The molecule has 1 aliphatic carbocycles. The molecule has 1 saturated carbocycles. The van der Waals surface area contributed by atoms with Crippen LogP contribution in [0.2, 0.25) is 0 Å². The van der Waals surface area contributed by atoms with Gasteiger partial charge in [0.1, 0.15) is 0 Å². The van der Waals surface area contributed by atoms with Gasteiger partial charge in [-0.2, -0.15) is 0 Å². The number of nitrogens with zero attached hydrogens (tertiary/aromatic N) is 1. The Morgan fingerprint density at radius 1 is 1.38 bits per heavy atom. The molecule has 2 N–H and O–H groups in total. The molecule has 0 radical (unpaired) electrons. The molecule has 2 rings (SSSR count). The van der Waals surface area contributed by atoms with E-state index in [9.17, 15) is 9.90 Å². The molecule has 1 aliphatic rings. The van der Waals surface area contributed by atoms with Crippen molar-refractivity contribution in [3.05, 3.63) is 35.9 Å². The van der Waals surface area contributed by atoms with E-state index in [0.29, 0.717) is 12.5 Å². The van der Waals surface area contributed by atoms with E-state index in [0.717, 1.165) is 25.8 Å². The van der Waals surface area contributed by atoms with E-state index in [1.807, 2.05) is 30.1 Å². The molecule has 0 bridgehead atoms. The molecule has 1 aromatic carbocycles. The Hall–Kier alpha value is -1.39. The van der Waals surface area contributed by atoms with Crippen molar-refractivity contribution in [1.29, 1.82) is 0 Å². The number of likely N-dealkylation sites (N-methyl/N-ethyl adjacent to an activating group) is 1. The predicted molar refractivity (Wildman–Crippen MR) is 83.7 cm³/mol. The first kappa shape index (κ1) is 16.0. The molecule has 0 unspecified atom stereocenters. The van der Waals surface area contributed by atoms with Gasteiger partial charge in [0, 0.05) is 12.6 Å². The van der Waals surface area contributed by atoms with Gasteiger partial charge in [-0.25, -0.2) is 0 Å². The Morgan fingerprint density at radius 2 is 2.05 bits per heavy atom. The largest absolute Gasteiger partial charge is 0.393 e. The molecule has 1 fully saturated rings. The Bertz CT molecular complexity index is 443. The van der Waals surface area contributed by atoms with Crippen LogP contribution in [0.15, 0.2) is 30.3 Å². The van der Waals surface area contributed by atoms with Crippen LogP contribution in [-0.4, -0.2) is 41.7 Å². The third-order valence-electron chi connectivity index (χ3n) is 4.21. The van der Waals surface area contributed by atoms with Gasteiger partial charge in [0.2, 0.25) is 5.91 Å². The van der Waals surface area contributed by atoms with Crippen LogP contribution in [0.3, 0.4) is 0 Å². The lowest BCUT2D eigenvalue weighted by Gasteiger charge is -2.37. The third kappa shape index (κ3) is 4.83. The summed E-state index contributed by atoms with van der Waals surface area (Å²) < 4.78 is 0. The summed E-state index contributed by atoms with van der Waals surface area (Å²) in [7, 11) is 1.96. The van der Waals surface area contributed by atoms with Gasteiger partial charge in [0.05, 0.1) is 12.6 Å². The van der Waals surface area contributed by atoms with Gasteiger partial charge >= 0.3 is 0 Å². The van der Waals surface area contributed by atoms with Crippen molar-refractivity contribution in [1.82, 2.24) is 10.2 Å². The fourth-order valence-electron chi connectivity index (χ4n) is 2.96. The number of rotatable bonds is 7. The number of amides is 1. The molecule has 0 heterocycles. The van der Waals surface area contributed by atoms with Crippen molar-refractivity contribution in [3.8, 4) is 0 Å². The van der Waals surface area contributed by atoms with Crippen molar-refractivity contribution in [2.45, 2.75) is 44.9 Å². The van der Waals surface area contributed by atoms with E-state index in [2.05, 4.69) is 24.4 Å². The van der Waals surface area contributed by atoms with Gasteiger partial charge in [-0.1, -0.05) is 37.3 Å². The smallest absolute Gasteiger partial charge is 0.234 e. The van der Waals surface area contributed by atoms with Crippen LogP contribution in [0.5, 0.6) is 0 Å². The number of benzene rings is 1. The standard InChI is InChI=1S/C17H26N2O2/c1-3-16(14-9-15(20)10-14)18-17(21)12-19(2)11-13-7-5-4-6-8-13/h4-8,14-16,20H,3,9-12H2,1-2H3,(H,18,21)/t14?,15?,16-/m0/s1. The highest BCUT2D eigenvalue weighted by molar-refractivity contribution is 5.78. The Kier molecular flexibility index (Phi) is 5.76. The van der Waals surface area contributed by atoms with E-state index in [1.165, 1.54) is 5.56 Å². The summed E-state index contributed by atoms with van der Waals surface area (Å²) in [5, 5.41) is 12.5. The lowest BCUT2D eigenvalue weighted by atomic mass is 9.76. The normalized spacial score (nSPS) is 22.7. The first-order valence-corrected chi connectivity index (χ1v) is 7.78. The minimum absolute atomic E-state index is 0.0710. The van der Waals surface area contributed by atoms with Crippen LogP contribution >= 0.6 is 0 Å². The van der Waals surface area contributed by atoms with Crippen molar-refractivity contribution in [3.63, 3.8) is 0 Å². The Morgan fingerprint density at radius 3 is 2.62 bits per heavy atom. The van der Waals surface area contributed by atoms with Crippen molar-refractivity contribution >= 4 is 5.91 Å². The lowest BCUT2D eigenvalue weighted by molar-refractivity contribution is -0.124. The van der Waals surface area contributed by atoms with Crippen LogP contribution in [-0.2, 0) is 11.3 Å². The molecule has 1 aromatic rings. The van der Waals surface area contributed by atoms with Gasteiger partial charge in [-0.15, -0.1) is 0 Å². The van der Waals surface area contributed by atoms with Gasteiger partial charge in [0.25, 0.3) is 0 Å². The van der Waals surface area contributed by atoms with Gasteiger partial charge in [0.15, 0.2) is 0 Å². The van der Waals surface area contributed by atoms with Crippen molar-refractivity contribution in [2.24, 2.45) is 5.92 Å². The molecular formula is C17H26N2O2. The van der Waals surface area contributed by atoms with Gasteiger partial charge in [-0.3, -0.25) is 9.69 Å². The molecule has 0 saturated heterocycles. The zero-order valence-electron chi connectivity index (χ0n) is 13.0. The van der Waals surface area contributed by atoms with Crippen LogP contribution in [0, 0.1) is 5.92 Å². The average molecular weight is 290 g/mol. The van der Waals surface area contributed by atoms with Crippen LogP contribution in [0.1, 0.15) is 31.7 Å². The maximum absolute atomic E-state index is 12.1. The fourth-order valence-corrected chi connectivity index (χ4v) is 2.96. The van der Waals surface area contributed by atoms with Crippen LogP contribution in [0.4, 0.5) is 0 Å². The molecule has 1 atom stereocenters. The Balaban J connectivity index is 1.75. The minimum atomic E-state index is -0.165. The summed E-state index contributed by atoms with van der Waals surface area (Å²) >= 11 is 0. The van der Waals surface area contributed by atoms with E-state index >= 15 is 0 Å². The minimum Gasteiger partial charge on any atom is -0.393 e. The molecule has 0 aliphatic heterocycles. The summed E-state index contributed by atoms with van der Waals surface area (Å²) in [5.74, 6) is 0.509. The molecule has 4 heteroatoms. The third-order valence-corrected chi connectivity index (χ3v) is 4.21. The van der Waals surface area contributed by atoms with Gasteiger partial charge in [-0.05, 0) is 37.8 Å². The second-order valence-electron chi connectivity index (χ2n) is 6.13. The highest BCUT2D eigenvalue weighted by atomic mass is 16.3. The zero-order chi connectivity index (χ0) is 15.2. The SMILES string of the molecule is CC[C@H](NC(=O)CN(C)Cc1ccccc1)C1CC(O)C1. The number of hydrogen-bond donors (Lipinski definition) is 2. The summed E-state index contributed by atoms with van der Waals surface area (Å²) in [6.07, 6.45) is 2.39. The molecule has 1 amide bonds. The average Bonchev–Trinajstić information content (AvgIpc) is 2.42. The summed E-state index contributed by atoms with van der Waals surface area (Å²) in [4.78, 5) is 14.1. The summed E-state index contributed by atoms with van der Waals surface area (Å²) in [5.41, 5.74) is 1.21. The summed E-state index contributed by atoms with van der Waals surface area (Å²) in [6.45, 7) is 3.26. The molecule has 0 spiro atoms. The highest BCUT2D eigenvalue weighted by Crippen LogP contribution is 2.31. The second kappa shape index (κ2) is 7.57. The van der Waals surface area contributed by atoms with Crippen molar-refractivity contribution < 1.29 is 9.90 Å². The van der Waals surface area contributed by atoms with E-state index in [4.69, 9.17) is 0 Å². The maximum atomic E-state index is 12.1. The topological polar surface area (TPSA) is 52.6 Å². The lowest BCUT2D eigenvalue weighted by Crippen LogP contribution is -2.48. The molecular weight excluding hydrogens is 264 g/mol. The summed E-state index contributed by atoms with van der Waals surface area (Å²) in [6, 6.07) is 10.4. The van der Waals surface area contributed by atoms with E-state index < -0.39 is 0 Å². The zero-order valence-corrected chi connectivity index (χ0v) is 13.0. The molecule has 116 valence electrons. The number of carbonyl (C=O) groups excluding carboxylic acids is 1. The highest BCUT2D eigenvalue weighted by Gasteiger charge is 2.33. The van der Waals surface area contributed by atoms with E-state index in [-0.39, 0.29) is 18.1 Å². The molecule has 4 nitrogen and oxygen atoms in total. The molecule has 21 heavy (non-hydrogen) atoms. The van der Waals surface area contributed by atoms with Gasteiger partial charge < -0.3 is 10.4 Å². The number of hydrogen-bond acceptors (Lipinski definition) is 3. The number of aliphatic hydroxyl groups is 1.